The van der Waals surface area contributed by atoms with Crippen LogP contribution in [0.5, 0.6) is 0 Å². The molecule has 0 saturated heterocycles. The van der Waals surface area contributed by atoms with Crippen molar-refractivity contribution >= 4 is 5.82 Å². The highest BCUT2D eigenvalue weighted by Crippen LogP contribution is 2.18. The van der Waals surface area contributed by atoms with Gasteiger partial charge in [-0.15, -0.1) is 0 Å². The Morgan fingerprint density at radius 2 is 2.00 bits per heavy atom. The monoisotopic (exact) mass is 301 g/mol. The normalized spacial score (nSPS) is 16.1. The van der Waals surface area contributed by atoms with Gasteiger partial charge < -0.3 is 10.4 Å². The van der Waals surface area contributed by atoms with Crippen LogP contribution in [0.1, 0.15) is 11.1 Å². The van der Waals surface area contributed by atoms with E-state index in [1.165, 1.54) is 17.2 Å². The van der Waals surface area contributed by atoms with Crippen molar-refractivity contribution in [1.29, 1.82) is 0 Å². The minimum Gasteiger partial charge on any atom is -0.390 e. The van der Waals surface area contributed by atoms with Crippen LogP contribution in [0.25, 0.3) is 0 Å². The van der Waals surface area contributed by atoms with E-state index in [2.05, 4.69) is 39.5 Å². The summed E-state index contributed by atoms with van der Waals surface area (Å²) in [6, 6.07) is 13.0. The van der Waals surface area contributed by atoms with E-state index in [0.29, 0.717) is 18.9 Å². The van der Waals surface area contributed by atoms with Gasteiger partial charge in [0, 0.05) is 26.2 Å². The Morgan fingerprint density at radius 1 is 1.18 bits per heavy atom. The van der Waals surface area contributed by atoms with Gasteiger partial charge in [-0.05, 0) is 29.7 Å². The molecule has 2 heterocycles. The predicted octanol–water partition coefficient (Wildman–Crippen LogP) is 2.05. The molecule has 0 saturated carbocycles. The Hall–Kier alpha value is -1.98. The molecule has 1 aliphatic rings. The molecule has 116 valence electrons. The second-order valence-electron chi connectivity index (χ2n) is 5.63. The summed E-state index contributed by atoms with van der Waals surface area (Å²) in [7, 11) is 0. The maximum absolute atomic E-state index is 13.0. The molecule has 0 bridgehead atoms. The van der Waals surface area contributed by atoms with Gasteiger partial charge in [0.1, 0.15) is 5.82 Å². The van der Waals surface area contributed by atoms with E-state index in [9.17, 15) is 9.50 Å². The highest BCUT2D eigenvalue weighted by atomic mass is 19.1. The van der Waals surface area contributed by atoms with Gasteiger partial charge in [0.15, 0.2) is 0 Å². The molecule has 0 aliphatic carbocycles. The van der Waals surface area contributed by atoms with Crippen molar-refractivity contribution in [3.63, 3.8) is 0 Å². The summed E-state index contributed by atoms with van der Waals surface area (Å²) in [6.07, 6.45) is 0.497. The number of rotatable bonds is 5. The third kappa shape index (κ3) is 3.81. The third-order valence-electron chi connectivity index (χ3n) is 3.91. The van der Waals surface area contributed by atoms with Crippen LogP contribution in [0, 0.1) is 5.95 Å². The van der Waals surface area contributed by atoms with Crippen LogP contribution in [0.2, 0.25) is 0 Å². The van der Waals surface area contributed by atoms with Crippen LogP contribution in [0.15, 0.2) is 42.5 Å². The fourth-order valence-electron chi connectivity index (χ4n) is 2.80. The van der Waals surface area contributed by atoms with Crippen LogP contribution in [-0.4, -0.2) is 40.7 Å². The van der Waals surface area contributed by atoms with Gasteiger partial charge in [0.25, 0.3) is 0 Å². The van der Waals surface area contributed by atoms with Crippen molar-refractivity contribution in [3.8, 4) is 0 Å². The number of halogens is 1. The van der Waals surface area contributed by atoms with E-state index in [1.807, 2.05) is 0 Å². The van der Waals surface area contributed by atoms with E-state index in [-0.39, 0.29) is 0 Å². The molecule has 1 aliphatic heterocycles. The van der Waals surface area contributed by atoms with E-state index in [4.69, 9.17) is 0 Å². The average molecular weight is 301 g/mol. The van der Waals surface area contributed by atoms with E-state index in [1.54, 1.807) is 12.1 Å². The van der Waals surface area contributed by atoms with Gasteiger partial charge in [-0.3, -0.25) is 4.90 Å². The molecule has 1 atom stereocenters. The van der Waals surface area contributed by atoms with Crippen LogP contribution in [0.3, 0.4) is 0 Å². The first-order chi connectivity index (χ1) is 10.7. The molecule has 1 aromatic heterocycles. The van der Waals surface area contributed by atoms with Crippen molar-refractivity contribution in [3.05, 3.63) is 59.5 Å². The number of aliphatic hydroxyl groups is 1. The summed E-state index contributed by atoms with van der Waals surface area (Å²) in [5, 5.41) is 13.1. The molecule has 4 nitrogen and oxygen atoms in total. The summed E-state index contributed by atoms with van der Waals surface area (Å²) in [6.45, 7) is 2.77. The molecule has 3 rings (SSSR count). The lowest BCUT2D eigenvalue weighted by Gasteiger charge is -2.30. The van der Waals surface area contributed by atoms with Crippen LogP contribution >= 0.6 is 0 Å². The minimum atomic E-state index is -0.521. The first kappa shape index (κ1) is 14.9. The summed E-state index contributed by atoms with van der Waals surface area (Å²) in [5.74, 6) is -0.0739. The molecule has 0 spiro atoms. The number of fused-ring (bicyclic) bond motifs is 1. The minimum absolute atomic E-state index is 0.356. The molecular weight excluding hydrogens is 281 g/mol. The van der Waals surface area contributed by atoms with Crippen molar-refractivity contribution in [2.45, 2.75) is 19.1 Å². The maximum atomic E-state index is 13.0. The number of hydrogen-bond donors (Lipinski definition) is 2. The summed E-state index contributed by atoms with van der Waals surface area (Å²) in [4.78, 5) is 5.96. The first-order valence-corrected chi connectivity index (χ1v) is 7.54. The zero-order chi connectivity index (χ0) is 15.4. The number of aliphatic hydroxyl groups excluding tert-OH is 1. The number of pyridine rings is 1. The van der Waals surface area contributed by atoms with Crippen molar-refractivity contribution in [2.75, 3.05) is 25.0 Å². The lowest BCUT2D eigenvalue weighted by molar-refractivity contribution is 0.114. The van der Waals surface area contributed by atoms with Crippen molar-refractivity contribution in [2.24, 2.45) is 0 Å². The van der Waals surface area contributed by atoms with Crippen molar-refractivity contribution in [1.82, 2.24) is 9.88 Å². The van der Waals surface area contributed by atoms with Crippen LogP contribution < -0.4 is 5.32 Å². The quantitative estimate of drug-likeness (QED) is 0.830. The Morgan fingerprint density at radius 3 is 2.82 bits per heavy atom. The Balaban J connectivity index is 1.49. The van der Waals surface area contributed by atoms with Crippen molar-refractivity contribution < 1.29 is 9.50 Å². The molecule has 1 aromatic carbocycles. The number of benzene rings is 1. The Bertz CT molecular complexity index is 635. The molecule has 5 heteroatoms. The van der Waals surface area contributed by atoms with E-state index >= 15 is 0 Å². The number of nitrogens with zero attached hydrogens (tertiary/aromatic N) is 2. The second-order valence-corrected chi connectivity index (χ2v) is 5.63. The highest BCUT2D eigenvalue weighted by Gasteiger charge is 2.18. The number of nitrogens with one attached hydrogen (secondary N) is 1. The van der Waals surface area contributed by atoms with E-state index in [0.717, 1.165) is 19.5 Å². The molecule has 0 amide bonds. The third-order valence-corrected chi connectivity index (χ3v) is 3.91. The predicted molar refractivity (Wildman–Crippen MR) is 84.1 cm³/mol. The Kier molecular flexibility index (Phi) is 4.65. The smallest absolute Gasteiger partial charge is 0.214 e. The van der Waals surface area contributed by atoms with Gasteiger partial charge in [-0.25, -0.2) is 4.98 Å². The number of aromatic nitrogens is 1. The number of β-amino-alcohol motifs (C(OH)–C–C–N with tert-alkyl or cyclic N) is 1. The summed E-state index contributed by atoms with van der Waals surface area (Å²) in [5.41, 5.74) is 2.73. The van der Waals surface area contributed by atoms with Gasteiger partial charge in [0.05, 0.1) is 6.10 Å². The number of anilines is 1. The fourth-order valence-corrected chi connectivity index (χ4v) is 2.80. The number of hydrogen-bond acceptors (Lipinski definition) is 4. The van der Waals surface area contributed by atoms with Gasteiger partial charge in [-0.2, -0.15) is 4.39 Å². The maximum Gasteiger partial charge on any atom is 0.214 e. The molecular formula is C17H20FN3O. The molecule has 2 N–H and O–H groups in total. The molecule has 2 aromatic rings. The molecule has 0 radical (unpaired) electrons. The van der Waals surface area contributed by atoms with Gasteiger partial charge >= 0.3 is 0 Å². The SMILES string of the molecule is OC(CNc1cccc(F)n1)CN1CCc2ccccc2C1. The fraction of sp³-hybridized carbons (Fsp3) is 0.353. The molecule has 1 unspecified atom stereocenters. The van der Waals surface area contributed by atoms with Crippen LogP contribution in [-0.2, 0) is 13.0 Å². The molecule has 22 heavy (non-hydrogen) atoms. The van der Waals surface area contributed by atoms with E-state index < -0.39 is 12.1 Å². The average Bonchev–Trinajstić information content (AvgIpc) is 2.53. The zero-order valence-electron chi connectivity index (χ0n) is 12.4. The largest absolute Gasteiger partial charge is 0.390 e. The lowest BCUT2D eigenvalue weighted by Crippen LogP contribution is -2.39. The Labute approximate surface area is 129 Å². The molecule has 0 fully saturated rings. The van der Waals surface area contributed by atoms with Gasteiger partial charge in [-0.1, -0.05) is 30.3 Å². The van der Waals surface area contributed by atoms with Crippen LogP contribution in [0.4, 0.5) is 10.2 Å². The zero-order valence-corrected chi connectivity index (χ0v) is 12.4. The standard InChI is InChI=1S/C17H20FN3O/c18-16-6-3-7-17(20-16)19-10-15(22)12-21-9-8-13-4-1-2-5-14(13)11-21/h1-7,15,22H,8-12H2,(H,19,20). The summed E-state index contributed by atoms with van der Waals surface area (Å²) >= 11 is 0. The lowest BCUT2D eigenvalue weighted by atomic mass is 10.00. The summed E-state index contributed by atoms with van der Waals surface area (Å²) < 4.78 is 13.0. The topological polar surface area (TPSA) is 48.4 Å². The second kappa shape index (κ2) is 6.85. The highest BCUT2D eigenvalue weighted by molar-refractivity contribution is 5.33. The first-order valence-electron chi connectivity index (χ1n) is 7.54. The van der Waals surface area contributed by atoms with Gasteiger partial charge in [0.2, 0.25) is 5.95 Å².